The molecule has 1 N–H and O–H groups in total. The quantitative estimate of drug-likeness (QED) is 0.893. The Morgan fingerprint density at radius 3 is 2.62 bits per heavy atom. The topological polar surface area (TPSA) is 79.0 Å². The monoisotopic (exact) mass is 291 g/mol. The van der Waals surface area contributed by atoms with Gasteiger partial charge >= 0.3 is 12.1 Å². The smallest absolute Gasteiger partial charge is 0.419 e. The summed E-state index contributed by atoms with van der Waals surface area (Å²) < 4.78 is 5.10. The van der Waals surface area contributed by atoms with Crippen LogP contribution >= 0.6 is 0 Å². The van der Waals surface area contributed by atoms with Gasteiger partial charge in [-0.3, -0.25) is 4.79 Å². The summed E-state index contributed by atoms with van der Waals surface area (Å²) in [5.74, 6) is -0.329. The van der Waals surface area contributed by atoms with Gasteiger partial charge in [0, 0.05) is 20.6 Å². The van der Waals surface area contributed by atoms with E-state index in [1.54, 1.807) is 26.2 Å². The second-order valence-electron chi connectivity index (χ2n) is 4.84. The maximum absolute atomic E-state index is 12.0. The lowest BCUT2D eigenvalue weighted by Crippen LogP contribution is -2.48. The number of benzene rings is 1. The molecule has 1 aromatic rings. The van der Waals surface area contributed by atoms with Crippen LogP contribution in [-0.4, -0.2) is 54.5 Å². The molecule has 0 saturated carbocycles. The molecule has 21 heavy (non-hydrogen) atoms. The standard InChI is InChI=1S/C14H17N3O4/c1-16(2)12(18)11-8-15-13(19)17(11)14(20)21-9-10-6-4-3-5-7-10/h3-7,11H,8-9H2,1-2H3,(H,15,19)/t11-/m0/s1. The van der Waals surface area contributed by atoms with Crippen molar-refractivity contribution in [3.8, 4) is 0 Å². The van der Waals surface area contributed by atoms with E-state index in [4.69, 9.17) is 4.74 Å². The highest BCUT2D eigenvalue weighted by Gasteiger charge is 2.42. The molecule has 2 rings (SSSR count). The van der Waals surface area contributed by atoms with Crippen LogP contribution in [-0.2, 0) is 16.1 Å². The lowest BCUT2D eigenvalue weighted by Gasteiger charge is -2.22. The maximum atomic E-state index is 12.0. The van der Waals surface area contributed by atoms with Crippen LogP contribution in [0.5, 0.6) is 0 Å². The zero-order valence-corrected chi connectivity index (χ0v) is 11.9. The molecular weight excluding hydrogens is 274 g/mol. The van der Waals surface area contributed by atoms with Crippen LogP contribution in [0.15, 0.2) is 30.3 Å². The number of ether oxygens (including phenoxy) is 1. The molecule has 4 amide bonds. The van der Waals surface area contributed by atoms with Gasteiger partial charge in [0.15, 0.2) is 0 Å². The molecule has 0 aliphatic carbocycles. The van der Waals surface area contributed by atoms with Crippen LogP contribution in [0.1, 0.15) is 5.56 Å². The lowest BCUT2D eigenvalue weighted by atomic mass is 10.2. The molecule has 0 radical (unpaired) electrons. The van der Waals surface area contributed by atoms with Gasteiger partial charge in [0.25, 0.3) is 0 Å². The van der Waals surface area contributed by atoms with E-state index < -0.39 is 18.2 Å². The van der Waals surface area contributed by atoms with E-state index in [2.05, 4.69) is 5.32 Å². The average molecular weight is 291 g/mol. The maximum Gasteiger partial charge on any atom is 0.419 e. The highest BCUT2D eigenvalue weighted by atomic mass is 16.6. The van der Waals surface area contributed by atoms with Crippen LogP contribution in [0.2, 0.25) is 0 Å². The number of nitrogens with one attached hydrogen (secondary N) is 1. The van der Waals surface area contributed by atoms with Gasteiger partial charge in [0.1, 0.15) is 12.6 Å². The van der Waals surface area contributed by atoms with E-state index in [-0.39, 0.29) is 19.1 Å². The number of urea groups is 1. The second kappa shape index (κ2) is 6.25. The van der Waals surface area contributed by atoms with E-state index in [1.165, 1.54) is 4.90 Å². The fraction of sp³-hybridized carbons (Fsp3) is 0.357. The summed E-state index contributed by atoms with van der Waals surface area (Å²) >= 11 is 0. The van der Waals surface area contributed by atoms with Gasteiger partial charge in [0.05, 0.1) is 0 Å². The molecule has 0 spiro atoms. The Hall–Kier alpha value is -2.57. The van der Waals surface area contributed by atoms with Crippen molar-refractivity contribution in [1.29, 1.82) is 0 Å². The Labute approximate surface area is 122 Å². The number of amides is 4. The van der Waals surface area contributed by atoms with E-state index in [9.17, 15) is 14.4 Å². The predicted molar refractivity (Wildman–Crippen MR) is 74.3 cm³/mol. The molecule has 0 aromatic heterocycles. The van der Waals surface area contributed by atoms with Crippen LogP contribution in [0.4, 0.5) is 9.59 Å². The van der Waals surface area contributed by atoms with Gasteiger partial charge in [-0.15, -0.1) is 0 Å². The Balaban J connectivity index is 2.02. The normalized spacial score (nSPS) is 17.3. The largest absolute Gasteiger partial charge is 0.444 e. The van der Waals surface area contributed by atoms with E-state index in [0.717, 1.165) is 10.5 Å². The number of imide groups is 1. The van der Waals surface area contributed by atoms with Crippen LogP contribution in [0, 0.1) is 0 Å². The first-order valence-corrected chi connectivity index (χ1v) is 6.49. The minimum atomic E-state index is -0.865. The number of hydrogen-bond donors (Lipinski definition) is 1. The molecule has 1 aliphatic rings. The minimum Gasteiger partial charge on any atom is -0.444 e. The summed E-state index contributed by atoms with van der Waals surface area (Å²) in [6, 6.07) is 7.63. The number of rotatable bonds is 3. The van der Waals surface area contributed by atoms with Crippen molar-refractivity contribution >= 4 is 18.0 Å². The third-order valence-corrected chi connectivity index (χ3v) is 3.10. The van der Waals surface area contributed by atoms with Crippen molar-refractivity contribution in [3.63, 3.8) is 0 Å². The first kappa shape index (κ1) is 14.8. The van der Waals surface area contributed by atoms with Crippen molar-refractivity contribution in [2.45, 2.75) is 12.6 Å². The van der Waals surface area contributed by atoms with E-state index in [1.807, 2.05) is 18.2 Å². The summed E-state index contributed by atoms with van der Waals surface area (Å²) in [6.07, 6.45) is -0.825. The molecule has 1 heterocycles. The summed E-state index contributed by atoms with van der Waals surface area (Å²) in [4.78, 5) is 37.9. The van der Waals surface area contributed by atoms with Crippen molar-refractivity contribution in [2.75, 3.05) is 20.6 Å². The molecule has 1 aromatic carbocycles. The molecule has 1 saturated heterocycles. The molecule has 1 fully saturated rings. The highest BCUT2D eigenvalue weighted by molar-refractivity contribution is 6.00. The predicted octanol–water partition coefficient (Wildman–Crippen LogP) is 0.805. The molecular formula is C14H17N3O4. The molecule has 112 valence electrons. The molecule has 0 unspecified atom stereocenters. The van der Waals surface area contributed by atoms with Crippen molar-refractivity contribution in [1.82, 2.24) is 15.1 Å². The Morgan fingerprint density at radius 1 is 1.33 bits per heavy atom. The number of hydrogen-bond acceptors (Lipinski definition) is 4. The van der Waals surface area contributed by atoms with Gasteiger partial charge in [-0.1, -0.05) is 30.3 Å². The molecule has 1 aliphatic heterocycles. The molecule has 7 nitrogen and oxygen atoms in total. The Kier molecular flexibility index (Phi) is 4.42. The number of likely N-dealkylation sites (N-methyl/N-ethyl adjacent to an activating group) is 1. The molecule has 0 bridgehead atoms. The first-order chi connectivity index (χ1) is 10.0. The number of carbonyl (C=O) groups is 3. The third kappa shape index (κ3) is 3.31. The van der Waals surface area contributed by atoms with Crippen LogP contribution in [0.25, 0.3) is 0 Å². The second-order valence-corrected chi connectivity index (χ2v) is 4.84. The van der Waals surface area contributed by atoms with Gasteiger partial charge < -0.3 is 15.0 Å². The molecule has 1 atom stereocenters. The van der Waals surface area contributed by atoms with Crippen molar-refractivity contribution in [2.24, 2.45) is 0 Å². The Bertz CT molecular complexity index is 544. The van der Waals surface area contributed by atoms with Gasteiger partial charge in [0.2, 0.25) is 5.91 Å². The SMILES string of the molecule is CN(C)C(=O)[C@@H]1CNC(=O)N1C(=O)OCc1ccccc1. The highest BCUT2D eigenvalue weighted by Crippen LogP contribution is 2.12. The van der Waals surface area contributed by atoms with Gasteiger partial charge in [-0.25, -0.2) is 14.5 Å². The number of carbonyl (C=O) groups excluding carboxylic acids is 3. The minimum absolute atomic E-state index is 0.0479. The number of nitrogens with zero attached hydrogens (tertiary/aromatic N) is 2. The van der Waals surface area contributed by atoms with Crippen LogP contribution in [0.3, 0.4) is 0 Å². The van der Waals surface area contributed by atoms with Crippen molar-refractivity contribution in [3.05, 3.63) is 35.9 Å². The van der Waals surface area contributed by atoms with Gasteiger partial charge in [-0.2, -0.15) is 0 Å². The van der Waals surface area contributed by atoms with E-state index in [0.29, 0.717) is 0 Å². The van der Waals surface area contributed by atoms with Gasteiger partial charge in [-0.05, 0) is 5.56 Å². The fourth-order valence-corrected chi connectivity index (χ4v) is 2.00. The first-order valence-electron chi connectivity index (χ1n) is 6.49. The summed E-state index contributed by atoms with van der Waals surface area (Å²) in [5, 5.41) is 2.47. The summed E-state index contributed by atoms with van der Waals surface area (Å²) in [6.45, 7) is 0.141. The zero-order valence-electron chi connectivity index (χ0n) is 11.9. The van der Waals surface area contributed by atoms with E-state index >= 15 is 0 Å². The summed E-state index contributed by atoms with van der Waals surface area (Å²) in [5.41, 5.74) is 0.806. The fourth-order valence-electron chi connectivity index (χ4n) is 2.00. The van der Waals surface area contributed by atoms with Crippen molar-refractivity contribution < 1.29 is 19.1 Å². The Morgan fingerprint density at radius 2 is 2.00 bits per heavy atom. The zero-order chi connectivity index (χ0) is 15.4. The lowest BCUT2D eigenvalue weighted by molar-refractivity contribution is -0.132. The summed E-state index contributed by atoms with van der Waals surface area (Å²) in [7, 11) is 3.14. The third-order valence-electron chi connectivity index (χ3n) is 3.10. The molecule has 7 heteroatoms. The average Bonchev–Trinajstić information content (AvgIpc) is 2.86. The van der Waals surface area contributed by atoms with Crippen LogP contribution < -0.4 is 5.32 Å².